The summed E-state index contributed by atoms with van der Waals surface area (Å²) in [5, 5.41) is 4.13. The molecule has 2 aromatic heterocycles. The van der Waals surface area contributed by atoms with Gasteiger partial charge in [0.25, 0.3) is 5.95 Å². The number of aromatic nitrogens is 5. The quantitative estimate of drug-likeness (QED) is 0.902. The average molecular weight is 273 g/mol. The van der Waals surface area contributed by atoms with Gasteiger partial charge in [-0.2, -0.15) is 20.1 Å². The number of anilines is 2. The largest absolute Gasteiger partial charge is 0.368 e. The molecule has 106 valence electrons. The summed E-state index contributed by atoms with van der Waals surface area (Å²) in [5.41, 5.74) is 5.80. The zero-order valence-corrected chi connectivity index (χ0v) is 11.6. The summed E-state index contributed by atoms with van der Waals surface area (Å²) in [5.74, 6) is 2.09. The molecule has 0 amide bonds. The van der Waals surface area contributed by atoms with Crippen LogP contribution in [0, 0.1) is 5.92 Å². The SMILES string of the molecule is CCCC1CCN(c2nc(N)nc(-n3cccn3)n2)C1. The molecular weight excluding hydrogens is 254 g/mol. The van der Waals surface area contributed by atoms with Gasteiger partial charge in [0, 0.05) is 25.5 Å². The minimum Gasteiger partial charge on any atom is -0.368 e. The maximum atomic E-state index is 5.80. The molecule has 0 aliphatic carbocycles. The summed E-state index contributed by atoms with van der Waals surface area (Å²) in [6, 6.07) is 1.83. The number of hydrogen-bond donors (Lipinski definition) is 1. The molecule has 2 aromatic rings. The van der Waals surface area contributed by atoms with E-state index in [1.54, 1.807) is 17.1 Å². The molecule has 1 aliphatic heterocycles. The van der Waals surface area contributed by atoms with E-state index < -0.39 is 0 Å². The Bertz CT molecular complexity index is 566. The summed E-state index contributed by atoms with van der Waals surface area (Å²) in [7, 11) is 0. The van der Waals surface area contributed by atoms with E-state index in [-0.39, 0.29) is 5.95 Å². The number of nitrogen functional groups attached to an aromatic ring is 1. The zero-order valence-electron chi connectivity index (χ0n) is 11.6. The molecule has 1 unspecified atom stereocenters. The molecule has 7 heteroatoms. The Hall–Kier alpha value is -2.18. The third-order valence-electron chi connectivity index (χ3n) is 3.60. The third-order valence-corrected chi connectivity index (χ3v) is 3.60. The molecule has 1 aliphatic rings. The highest BCUT2D eigenvalue weighted by Gasteiger charge is 2.24. The fourth-order valence-electron chi connectivity index (χ4n) is 2.66. The number of rotatable bonds is 4. The maximum Gasteiger partial charge on any atom is 0.257 e. The highest BCUT2D eigenvalue weighted by Crippen LogP contribution is 2.24. The predicted molar refractivity (Wildman–Crippen MR) is 76.6 cm³/mol. The van der Waals surface area contributed by atoms with Gasteiger partial charge >= 0.3 is 0 Å². The minimum atomic E-state index is 0.236. The first-order valence-corrected chi connectivity index (χ1v) is 7.02. The maximum absolute atomic E-state index is 5.80. The lowest BCUT2D eigenvalue weighted by Crippen LogP contribution is -2.24. The van der Waals surface area contributed by atoms with Gasteiger partial charge in [0.1, 0.15) is 0 Å². The smallest absolute Gasteiger partial charge is 0.257 e. The van der Waals surface area contributed by atoms with Crippen LogP contribution in [-0.4, -0.2) is 37.8 Å². The molecule has 7 nitrogen and oxygen atoms in total. The van der Waals surface area contributed by atoms with Gasteiger partial charge in [-0.15, -0.1) is 0 Å². The van der Waals surface area contributed by atoms with Gasteiger partial charge < -0.3 is 10.6 Å². The lowest BCUT2D eigenvalue weighted by molar-refractivity contribution is 0.529. The van der Waals surface area contributed by atoms with E-state index in [0.717, 1.165) is 19.0 Å². The van der Waals surface area contributed by atoms with Crippen molar-refractivity contribution in [3.8, 4) is 5.95 Å². The fraction of sp³-hybridized carbons (Fsp3) is 0.538. The number of nitrogens with zero attached hydrogens (tertiary/aromatic N) is 6. The Morgan fingerprint density at radius 2 is 2.15 bits per heavy atom. The van der Waals surface area contributed by atoms with Crippen LogP contribution >= 0.6 is 0 Å². The summed E-state index contributed by atoms with van der Waals surface area (Å²) >= 11 is 0. The molecular formula is C13H19N7. The van der Waals surface area contributed by atoms with Gasteiger partial charge in [0.05, 0.1) is 0 Å². The molecule has 0 spiro atoms. The van der Waals surface area contributed by atoms with Crippen molar-refractivity contribution < 1.29 is 0 Å². The highest BCUT2D eigenvalue weighted by molar-refractivity contribution is 5.38. The fourth-order valence-corrected chi connectivity index (χ4v) is 2.66. The van der Waals surface area contributed by atoms with Gasteiger partial charge in [-0.25, -0.2) is 4.68 Å². The average Bonchev–Trinajstić information content (AvgIpc) is 3.09. The van der Waals surface area contributed by atoms with Crippen molar-refractivity contribution in [3.63, 3.8) is 0 Å². The van der Waals surface area contributed by atoms with Crippen molar-refractivity contribution in [2.24, 2.45) is 5.92 Å². The lowest BCUT2D eigenvalue weighted by atomic mass is 10.0. The summed E-state index contributed by atoms with van der Waals surface area (Å²) in [4.78, 5) is 15.1. The normalized spacial score (nSPS) is 18.6. The monoisotopic (exact) mass is 273 g/mol. The Morgan fingerprint density at radius 1 is 1.30 bits per heavy atom. The van der Waals surface area contributed by atoms with Crippen LogP contribution in [0.5, 0.6) is 0 Å². The molecule has 0 bridgehead atoms. The van der Waals surface area contributed by atoms with E-state index in [9.17, 15) is 0 Å². The van der Waals surface area contributed by atoms with E-state index in [2.05, 4.69) is 31.9 Å². The van der Waals surface area contributed by atoms with E-state index in [1.807, 2.05) is 6.07 Å². The third kappa shape index (κ3) is 2.56. The molecule has 1 saturated heterocycles. The Labute approximate surface area is 117 Å². The first-order chi connectivity index (χ1) is 9.76. The summed E-state index contributed by atoms with van der Waals surface area (Å²) in [6.45, 7) is 4.20. The molecule has 3 heterocycles. The van der Waals surface area contributed by atoms with Crippen LogP contribution in [0.15, 0.2) is 18.5 Å². The van der Waals surface area contributed by atoms with Crippen LogP contribution in [0.4, 0.5) is 11.9 Å². The Balaban J connectivity index is 1.84. The molecule has 1 fully saturated rings. The van der Waals surface area contributed by atoms with Crippen molar-refractivity contribution in [3.05, 3.63) is 18.5 Å². The Kier molecular flexibility index (Phi) is 3.49. The zero-order chi connectivity index (χ0) is 13.9. The number of hydrogen-bond acceptors (Lipinski definition) is 6. The van der Waals surface area contributed by atoms with Crippen molar-refractivity contribution in [1.29, 1.82) is 0 Å². The molecule has 1 atom stereocenters. The summed E-state index contributed by atoms with van der Waals surface area (Å²) in [6.07, 6.45) is 7.14. The van der Waals surface area contributed by atoms with Gasteiger partial charge in [-0.1, -0.05) is 13.3 Å². The second kappa shape index (κ2) is 5.44. The molecule has 0 aromatic carbocycles. The van der Waals surface area contributed by atoms with E-state index in [0.29, 0.717) is 11.9 Å². The molecule has 3 rings (SSSR count). The van der Waals surface area contributed by atoms with E-state index in [1.165, 1.54) is 19.3 Å². The lowest BCUT2D eigenvalue weighted by Gasteiger charge is -2.16. The van der Waals surface area contributed by atoms with Crippen LogP contribution in [0.2, 0.25) is 0 Å². The van der Waals surface area contributed by atoms with Crippen LogP contribution in [0.1, 0.15) is 26.2 Å². The summed E-state index contributed by atoms with van der Waals surface area (Å²) < 4.78 is 1.60. The second-order valence-electron chi connectivity index (χ2n) is 5.13. The van der Waals surface area contributed by atoms with Crippen LogP contribution < -0.4 is 10.6 Å². The van der Waals surface area contributed by atoms with Crippen LogP contribution in [-0.2, 0) is 0 Å². The minimum absolute atomic E-state index is 0.236. The van der Waals surface area contributed by atoms with Crippen LogP contribution in [0.3, 0.4) is 0 Å². The van der Waals surface area contributed by atoms with Gasteiger partial charge in [-0.05, 0) is 24.8 Å². The predicted octanol–water partition coefficient (Wildman–Crippen LogP) is 1.27. The molecule has 2 N–H and O–H groups in total. The van der Waals surface area contributed by atoms with E-state index >= 15 is 0 Å². The first kappa shape index (κ1) is 12.8. The highest BCUT2D eigenvalue weighted by atomic mass is 15.4. The van der Waals surface area contributed by atoms with Gasteiger partial charge in [-0.3, -0.25) is 0 Å². The topological polar surface area (TPSA) is 85.8 Å². The van der Waals surface area contributed by atoms with Gasteiger partial charge in [0.2, 0.25) is 11.9 Å². The van der Waals surface area contributed by atoms with Crippen molar-refractivity contribution in [2.45, 2.75) is 26.2 Å². The van der Waals surface area contributed by atoms with Gasteiger partial charge in [0.15, 0.2) is 0 Å². The van der Waals surface area contributed by atoms with E-state index in [4.69, 9.17) is 5.73 Å². The molecule has 20 heavy (non-hydrogen) atoms. The first-order valence-electron chi connectivity index (χ1n) is 7.02. The Morgan fingerprint density at radius 3 is 2.90 bits per heavy atom. The second-order valence-corrected chi connectivity index (χ2v) is 5.13. The molecule has 0 radical (unpaired) electrons. The van der Waals surface area contributed by atoms with Crippen molar-refractivity contribution in [1.82, 2.24) is 24.7 Å². The standard InChI is InChI=1S/C13H19N7/c1-2-4-10-5-8-19(9-10)12-16-11(14)17-13(18-12)20-7-3-6-15-20/h3,6-7,10H,2,4-5,8-9H2,1H3,(H2,14,16,17,18). The van der Waals surface area contributed by atoms with Crippen LogP contribution in [0.25, 0.3) is 5.95 Å². The molecule has 0 saturated carbocycles. The number of nitrogens with two attached hydrogens (primary N) is 1. The van der Waals surface area contributed by atoms with Crippen molar-refractivity contribution in [2.75, 3.05) is 23.7 Å². The van der Waals surface area contributed by atoms with Crippen molar-refractivity contribution >= 4 is 11.9 Å².